The van der Waals surface area contributed by atoms with Crippen LogP contribution >= 0.6 is 0 Å². The monoisotopic (exact) mass is 233 g/mol. The SMILES string of the molecule is CCC(CN)CNc1ccc2oc(C)nc2c1. The van der Waals surface area contributed by atoms with E-state index in [0.29, 0.717) is 11.8 Å². The molecule has 0 spiro atoms. The fourth-order valence-electron chi connectivity index (χ4n) is 1.81. The summed E-state index contributed by atoms with van der Waals surface area (Å²) in [7, 11) is 0. The van der Waals surface area contributed by atoms with Crippen LogP contribution in [0.1, 0.15) is 19.2 Å². The molecule has 0 amide bonds. The van der Waals surface area contributed by atoms with Crippen LogP contribution in [0.15, 0.2) is 22.6 Å². The predicted molar refractivity (Wildman–Crippen MR) is 70.1 cm³/mol. The Morgan fingerprint density at radius 3 is 3.00 bits per heavy atom. The Bertz CT molecular complexity index is 488. The number of fused-ring (bicyclic) bond motifs is 1. The van der Waals surface area contributed by atoms with Crippen LogP contribution in [0.3, 0.4) is 0 Å². The van der Waals surface area contributed by atoms with Gasteiger partial charge < -0.3 is 15.5 Å². The topological polar surface area (TPSA) is 64.1 Å². The standard InChI is InChI=1S/C13H19N3O/c1-3-10(7-14)8-15-11-4-5-13-12(6-11)16-9(2)17-13/h4-6,10,15H,3,7-8,14H2,1-2H3. The molecular weight excluding hydrogens is 214 g/mol. The summed E-state index contributed by atoms with van der Waals surface area (Å²) in [5.41, 5.74) is 8.47. The summed E-state index contributed by atoms with van der Waals surface area (Å²) in [5.74, 6) is 1.22. The molecule has 2 rings (SSSR count). The van der Waals surface area contributed by atoms with Crippen LogP contribution < -0.4 is 11.1 Å². The first kappa shape index (κ1) is 11.9. The Morgan fingerprint density at radius 1 is 1.47 bits per heavy atom. The van der Waals surface area contributed by atoms with Crippen molar-refractivity contribution < 1.29 is 4.42 Å². The van der Waals surface area contributed by atoms with Crippen molar-refractivity contribution in [1.29, 1.82) is 0 Å². The number of aromatic nitrogens is 1. The zero-order valence-electron chi connectivity index (χ0n) is 10.4. The minimum atomic E-state index is 0.518. The molecule has 0 aliphatic rings. The van der Waals surface area contributed by atoms with Crippen molar-refractivity contribution >= 4 is 16.8 Å². The van der Waals surface area contributed by atoms with E-state index in [0.717, 1.165) is 36.3 Å². The molecule has 4 heteroatoms. The summed E-state index contributed by atoms with van der Waals surface area (Å²) in [5, 5.41) is 3.39. The van der Waals surface area contributed by atoms with Crippen LogP contribution in [-0.4, -0.2) is 18.1 Å². The van der Waals surface area contributed by atoms with Gasteiger partial charge in [-0.05, 0) is 30.7 Å². The lowest BCUT2D eigenvalue weighted by molar-refractivity contribution is 0.548. The van der Waals surface area contributed by atoms with Gasteiger partial charge in [-0.3, -0.25) is 0 Å². The number of nitrogens with one attached hydrogen (secondary N) is 1. The lowest BCUT2D eigenvalue weighted by Gasteiger charge is -2.13. The summed E-state index contributed by atoms with van der Waals surface area (Å²) in [4.78, 5) is 4.31. The third-order valence-electron chi connectivity index (χ3n) is 3.00. The van der Waals surface area contributed by atoms with Gasteiger partial charge in [0.15, 0.2) is 11.5 Å². The maximum atomic E-state index is 5.67. The Labute approximate surface area is 101 Å². The van der Waals surface area contributed by atoms with E-state index < -0.39 is 0 Å². The first-order chi connectivity index (χ1) is 8.22. The molecule has 17 heavy (non-hydrogen) atoms. The van der Waals surface area contributed by atoms with Crippen molar-refractivity contribution in [3.63, 3.8) is 0 Å². The number of aryl methyl sites for hydroxylation is 1. The number of rotatable bonds is 5. The Hall–Kier alpha value is -1.55. The highest BCUT2D eigenvalue weighted by Gasteiger charge is 2.05. The van der Waals surface area contributed by atoms with Gasteiger partial charge in [0.2, 0.25) is 0 Å². The molecule has 0 fully saturated rings. The number of hydrogen-bond acceptors (Lipinski definition) is 4. The lowest BCUT2D eigenvalue weighted by Crippen LogP contribution is -2.21. The summed E-state index contributed by atoms with van der Waals surface area (Å²) in [6.45, 7) is 5.63. The fraction of sp³-hybridized carbons (Fsp3) is 0.462. The number of benzene rings is 1. The average molecular weight is 233 g/mol. The van der Waals surface area contributed by atoms with E-state index in [9.17, 15) is 0 Å². The van der Waals surface area contributed by atoms with E-state index >= 15 is 0 Å². The molecule has 0 aliphatic carbocycles. The molecule has 4 nitrogen and oxygen atoms in total. The normalized spacial score (nSPS) is 12.9. The molecule has 92 valence electrons. The molecule has 3 N–H and O–H groups in total. The molecule has 0 bridgehead atoms. The number of hydrogen-bond donors (Lipinski definition) is 2. The highest BCUT2D eigenvalue weighted by atomic mass is 16.3. The molecule has 0 aliphatic heterocycles. The van der Waals surface area contributed by atoms with E-state index in [1.54, 1.807) is 0 Å². The highest BCUT2D eigenvalue weighted by molar-refractivity contribution is 5.77. The summed E-state index contributed by atoms with van der Waals surface area (Å²) in [6.07, 6.45) is 1.09. The summed E-state index contributed by atoms with van der Waals surface area (Å²) >= 11 is 0. The largest absolute Gasteiger partial charge is 0.441 e. The molecule has 0 saturated heterocycles. The van der Waals surface area contributed by atoms with E-state index in [4.69, 9.17) is 10.2 Å². The fourth-order valence-corrected chi connectivity index (χ4v) is 1.81. The predicted octanol–water partition coefficient (Wildman–Crippen LogP) is 2.53. The molecule has 1 aromatic heterocycles. The summed E-state index contributed by atoms with van der Waals surface area (Å²) in [6, 6.07) is 5.96. The van der Waals surface area contributed by atoms with Crippen LogP contribution in [0, 0.1) is 12.8 Å². The van der Waals surface area contributed by atoms with Crippen molar-refractivity contribution in [2.24, 2.45) is 11.7 Å². The van der Waals surface area contributed by atoms with Crippen LogP contribution in [0.25, 0.3) is 11.1 Å². The van der Waals surface area contributed by atoms with Crippen LogP contribution in [0.5, 0.6) is 0 Å². The Kier molecular flexibility index (Phi) is 3.64. The minimum absolute atomic E-state index is 0.518. The van der Waals surface area contributed by atoms with Crippen LogP contribution in [0.2, 0.25) is 0 Å². The zero-order chi connectivity index (χ0) is 12.3. The first-order valence-corrected chi connectivity index (χ1v) is 6.04. The molecule has 1 heterocycles. The van der Waals surface area contributed by atoms with Crippen molar-refractivity contribution in [1.82, 2.24) is 4.98 Å². The van der Waals surface area contributed by atoms with Crippen molar-refractivity contribution in [2.75, 3.05) is 18.4 Å². The van der Waals surface area contributed by atoms with Gasteiger partial charge in [0.1, 0.15) is 5.52 Å². The second-order valence-corrected chi connectivity index (χ2v) is 4.31. The van der Waals surface area contributed by atoms with Gasteiger partial charge in [-0.1, -0.05) is 13.3 Å². The number of nitrogens with two attached hydrogens (primary N) is 1. The van der Waals surface area contributed by atoms with Gasteiger partial charge in [-0.2, -0.15) is 0 Å². The molecule has 0 radical (unpaired) electrons. The van der Waals surface area contributed by atoms with Crippen LogP contribution in [-0.2, 0) is 0 Å². The Morgan fingerprint density at radius 2 is 2.29 bits per heavy atom. The average Bonchev–Trinajstić information content (AvgIpc) is 2.69. The number of nitrogens with zero attached hydrogens (tertiary/aromatic N) is 1. The smallest absolute Gasteiger partial charge is 0.192 e. The Balaban J connectivity index is 2.08. The van der Waals surface area contributed by atoms with E-state index in [1.165, 1.54) is 0 Å². The highest BCUT2D eigenvalue weighted by Crippen LogP contribution is 2.19. The van der Waals surface area contributed by atoms with E-state index in [1.807, 2.05) is 25.1 Å². The quantitative estimate of drug-likeness (QED) is 0.833. The van der Waals surface area contributed by atoms with Crippen molar-refractivity contribution in [3.05, 3.63) is 24.1 Å². The molecule has 1 atom stereocenters. The third kappa shape index (κ3) is 2.77. The van der Waals surface area contributed by atoms with Crippen LogP contribution in [0.4, 0.5) is 5.69 Å². The molecule has 2 aromatic rings. The molecule has 1 aromatic carbocycles. The van der Waals surface area contributed by atoms with Crippen molar-refractivity contribution in [2.45, 2.75) is 20.3 Å². The number of anilines is 1. The van der Waals surface area contributed by atoms with Gasteiger partial charge in [0.05, 0.1) is 0 Å². The van der Waals surface area contributed by atoms with Gasteiger partial charge in [-0.15, -0.1) is 0 Å². The first-order valence-electron chi connectivity index (χ1n) is 6.04. The van der Waals surface area contributed by atoms with Gasteiger partial charge in [-0.25, -0.2) is 4.98 Å². The molecule has 0 saturated carbocycles. The van der Waals surface area contributed by atoms with Gasteiger partial charge >= 0.3 is 0 Å². The maximum Gasteiger partial charge on any atom is 0.192 e. The van der Waals surface area contributed by atoms with Crippen molar-refractivity contribution in [3.8, 4) is 0 Å². The molecule has 1 unspecified atom stereocenters. The zero-order valence-corrected chi connectivity index (χ0v) is 10.4. The van der Waals surface area contributed by atoms with Gasteiger partial charge in [0.25, 0.3) is 0 Å². The third-order valence-corrected chi connectivity index (χ3v) is 3.00. The lowest BCUT2D eigenvalue weighted by atomic mass is 10.1. The maximum absolute atomic E-state index is 5.67. The second-order valence-electron chi connectivity index (χ2n) is 4.31. The minimum Gasteiger partial charge on any atom is -0.441 e. The van der Waals surface area contributed by atoms with Gasteiger partial charge in [0, 0.05) is 19.2 Å². The van der Waals surface area contributed by atoms with E-state index in [2.05, 4.69) is 17.2 Å². The summed E-state index contributed by atoms with van der Waals surface area (Å²) < 4.78 is 5.43. The van der Waals surface area contributed by atoms with E-state index in [-0.39, 0.29) is 0 Å². The number of oxazole rings is 1. The molecular formula is C13H19N3O. The second kappa shape index (κ2) is 5.19.